The van der Waals surface area contributed by atoms with E-state index in [1.807, 2.05) is 27.7 Å². The van der Waals surface area contributed by atoms with Gasteiger partial charge in [-0.1, -0.05) is 53.7 Å². The number of phenols is 1. The highest BCUT2D eigenvalue weighted by atomic mass is 32.2. The molecule has 4 rings (SSSR count). The molecule has 2 aromatic carbocycles. The Morgan fingerprint density at radius 3 is 1.95 bits per heavy atom. The molecule has 19 heteroatoms. The van der Waals surface area contributed by atoms with E-state index in [1.54, 1.807) is 44.2 Å². The molecule has 0 spiro atoms. The van der Waals surface area contributed by atoms with Crippen molar-refractivity contribution >= 4 is 85.5 Å². The number of carbonyl (C=O) groups excluding carboxylic acids is 5. The first-order chi connectivity index (χ1) is 28.3. The number of phenolic OH excluding ortho intramolecular Hbond substituents is 1. The zero-order valence-corrected chi connectivity index (χ0v) is 35.9. The first kappa shape index (κ1) is 47.1. The molecule has 1 aromatic heterocycles. The van der Waals surface area contributed by atoms with Gasteiger partial charge in [0.2, 0.25) is 29.5 Å². The van der Waals surface area contributed by atoms with Gasteiger partial charge in [-0.15, -0.1) is 23.1 Å². The lowest BCUT2D eigenvalue weighted by Gasteiger charge is -2.29. The number of rotatable bonds is 21. The number of carboxylic acid groups (broad SMARTS) is 2. The number of fused-ring (bicyclic) bond motifs is 1. The first-order valence-corrected chi connectivity index (χ1v) is 21.4. The number of aliphatic imine (C=N–C) groups is 1. The Hall–Kier alpha value is -5.56. The Kier molecular flexibility index (Phi) is 17.0. The highest BCUT2D eigenvalue weighted by Crippen LogP contribution is 2.31. The molecule has 60 heavy (non-hydrogen) atoms. The maximum Gasteiger partial charge on any atom is 0.329 e. The van der Waals surface area contributed by atoms with Crippen LogP contribution in [0.5, 0.6) is 5.75 Å². The first-order valence-electron chi connectivity index (χ1n) is 19.6. The normalized spacial score (nSPS) is 15.8. The minimum atomic E-state index is -1.15. The van der Waals surface area contributed by atoms with Crippen molar-refractivity contribution in [1.29, 1.82) is 0 Å². The number of nitrogens with zero attached hydrogens (tertiary/aromatic N) is 2. The van der Waals surface area contributed by atoms with Gasteiger partial charge in [-0.2, -0.15) is 0 Å². The monoisotopic (exact) mass is 867 g/mol. The number of carboxylic acids is 2. The lowest BCUT2D eigenvalue weighted by atomic mass is 9.98. The zero-order chi connectivity index (χ0) is 44.3. The fourth-order valence-electron chi connectivity index (χ4n) is 6.23. The van der Waals surface area contributed by atoms with Crippen molar-refractivity contribution in [3.63, 3.8) is 0 Å². The molecule has 1 unspecified atom stereocenters. The molecule has 8 N–H and O–H groups in total. The third-order valence-corrected chi connectivity index (χ3v) is 11.5. The van der Waals surface area contributed by atoms with E-state index in [4.69, 9.17) is 5.11 Å². The number of hydrogen-bond acceptors (Lipinski definition) is 12. The summed E-state index contributed by atoms with van der Waals surface area (Å²) >= 11 is 2.61. The number of hydrogen-bond donors (Lipinski definition) is 8. The lowest BCUT2D eigenvalue weighted by Crippen LogP contribution is -2.59. The van der Waals surface area contributed by atoms with Crippen molar-refractivity contribution in [1.82, 2.24) is 26.3 Å². The van der Waals surface area contributed by atoms with Gasteiger partial charge in [-0.3, -0.25) is 33.8 Å². The molecule has 1 aliphatic rings. The second kappa shape index (κ2) is 21.6. The van der Waals surface area contributed by atoms with Gasteiger partial charge >= 0.3 is 11.9 Å². The fourth-order valence-corrected chi connectivity index (χ4v) is 8.34. The average Bonchev–Trinajstić information content (AvgIpc) is 3.83. The number of thioether (sulfide) groups is 1. The van der Waals surface area contributed by atoms with Crippen LogP contribution in [0.1, 0.15) is 77.8 Å². The number of carbonyl (C=O) groups is 7. The lowest BCUT2D eigenvalue weighted by molar-refractivity contribution is -0.139. The van der Waals surface area contributed by atoms with Crippen LogP contribution >= 0.6 is 23.1 Å². The molecule has 5 amide bonds. The highest BCUT2D eigenvalue weighted by molar-refractivity contribution is 8.15. The summed E-state index contributed by atoms with van der Waals surface area (Å²) in [6, 6.07) is 5.95. The number of thiazole rings is 1. The summed E-state index contributed by atoms with van der Waals surface area (Å²) in [6.45, 7) is 10.9. The standard InChI is InChI=1S/C41H53N7O10S2/c1-20(2)15-27(43-32(50)13-14-33(51)52)36(54)44-28(16-21(3)4)37(55)48-34(22(5)6)38(56)45-29(17-23-7-10-25(49)11-8-23)35(53)42-24-9-12-26-31(18-24)60-40(46-26)39-47-30(19-59-39)41(57)58/h7-12,18,20-22,27-30,34,49H,13-17,19H2,1-6H3,(H,42,53)(H,43,50)(H,44,54)(H,45,56)(H,48,55)(H,51,52)(H,57,58)/t27-,28-,29-,30?,34-/m0/s1. The quantitative estimate of drug-likeness (QED) is 0.0763. The average molecular weight is 868 g/mol. The predicted octanol–water partition coefficient (Wildman–Crippen LogP) is 3.68. The minimum Gasteiger partial charge on any atom is -0.508 e. The molecule has 0 aliphatic carbocycles. The summed E-state index contributed by atoms with van der Waals surface area (Å²) in [5.41, 5.74) is 1.66. The zero-order valence-electron chi connectivity index (χ0n) is 34.3. The number of nitrogens with one attached hydrogen (secondary N) is 5. The van der Waals surface area contributed by atoms with Gasteiger partial charge in [0.15, 0.2) is 6.04 Å². The van der Waals surface area contributed by atoms with Crippen LogP contribution in [-0.4, -0.2) is 103 Å². The molecule has 17 nitrogen and oxygen atoms in total. The van der Waals surface area contributed by atoms with E-state index >= 15 is 0 Å². The largest absolute Gasteiger partial charge is 0.508 e. The Bertz CT molecular complexity index is 2090. The minimum absolute atomic E-state index is 0.0168. The van der Waals surface area contributed by atoms with Gasteiger partial charge in [-0.25, -0.2) is 9.78 Å². The number of anilines is 1. The number of aliphatic carboxylic acids is 2. The van der Waals surface area contributed by atoms with Gasteiger partial charge in [0.05, 0.1) is 16.6 Å². The SMILES string of the molecule is CC(C)C[C@H](NC(=O)CCC(=O)O)C(=O)N[C@@H](CC(C)C)C(=O)N[C@H](C(=O)N[C@@H](Cc1ccc(O)cc1)C(=O)Nc1ccc2nc(C3=NC(C(=O)O)CS3)sc2c1)C(C)C. The molecule has 0 bridgehead atoms. The van der Waals surface area contributed by atoms with Crippen LogP contribution in [0.3, 0.4) is 0 Å². The maximum absolute atomic E-state index is 14.0. The van der Waals surface area contributed by atoms with E-state index < -0.39 is 84.0 Å². The van der Waals surface area contributed by atoms with Crippen LogP contribution in [0.15, 0.2) is 47.5 Å². The van der Waals surface area contributed by atoms with Crippen LogP contribution in [0.2, 0.25) is 0 Å². The van der Waals surface area contributed by atoms with Gasteiger partial charge in [0.1, 0.15) is 40.0 Å². The molecule has 0 saturated carbocycles. The van der Waals surface area contributed by atoms with Crippen LogP contribution in [-0.2, 0) is 40.0 Å². The van der Waals surface area contributed by atoms with Crippen molar-refractivity contribution in [2.24, 2.45) is 22.7 Å². The van der Waals surface area contributed by atoms with Crippen molar-refractivity contribution in [2.45, 2.75) is 104 Å². The van der Waals surface area contributed by atoms with Gasteiger partial charge in [-0.05, 0) is 66.5 Å². The smallest absolute Gasteiger partial charge is 0.329 e. The third-order valence-electron chi connectivity index (χ3n) is 9.30. The van der Waals surface area contributed by atoms with Crippen LogP contribution < -0.4 is 26.6 Å². The second-order valence-corrected chi connectivity index (χ2v) is 17.8. The molecule has 2 heterocycles. The summed E-state index contributed by atoms with van der Waals surface area (Å²) in [5, 5.41) is 43.0. The number of aromatic nitrogens is 1. The molecule has 5 atom stereocenters. The molecule has 0 saturated heterocycles. The Morgan fingerprint density at radius 1 is 0.750 bits per heavy atom. The molecular formula is C41H53N7O10S2. The highest BCUT2D eigenvalue weighted by Gasteiger charge is 2.34. The van der Waals surface area contributed by atoms with E-state index in [0.717, 1.165) is 0 Å². The van der Waals surface area contributed by atoms with Crippen molar-refractivity contribution in [3.8, 4) is 5.75 Å². The van der Waals surface area contributed by atoms with E-state index in [9.17, 15) is 43.8 Å². The summed E-state index contributed by atoms with van der Waals surface area (Å²) in [5.74, 6) is -5.54. The van der Waals surface area contributed by atoms with Crippen molar-refractivity contribution in [3.05, 3.63) is 53.0 Å². The Morgan fingerprint density at radius 2 is 1.37 bits per heavy atom. The summed E-state index contributed by atoms with van der Waals surface area (Å²) in [4.78, 5) is 99.2. The number of aromatic hydroxyl groups is 1. The molecule has 324 valence electrons. The maximum atomic E-state index is 14.0. The molecule has 3 aromatic rings. The van der Waals surface area contributed by atoms with Crippen molar-refractivity contribution in [2.75, 3.05) is 11.1 Å². The Balaban J connectivity index is 1.52. The summed E-state index contributed by atoms with van der Waals surface area (Å²) in [7, 11) is 0. The summed E-state index contributed by atoms with van der Waals surface area (Å²) in [6.07, 6.45) is -0.286. The van der Waals surface area contributed by atoms with E-state index in [2.05, 4.69) is 36.6 Å². The van der Waals surface area contributed by atoms with E-state index in [-0.39, 0.29) is 43.3 Å². The van der Waals surface area contributed by atoms with Crippen LogP contribution in [0.4, 0.5) is 5.69 Å². The van der Waals surface area contributed by atoms with Crippen molar-refractivity contribution < 1.29 is 48.9 Å². The Labute approximate surface area is 356 Å². The molecule has 1 aliphatic heterocycles. The van der Waals surface area contributed by atoms with Crippen LogP contribution in [0.25, 0.3) is 10.2 Å². The van der Waals surface area contributed by atoms with E-state index in [1.165, 1.54) is 35.2 Å². The van der Waals surface area contributed by atoms with E-state index in [0.29, 0.717) is 37.3 Å². The molecule has 0 fully saturated rings. The predicted molar refractivity (Wildman–Crippen MR) is 229 cm³/mol. The summed E-state index contributed by atoms with van der Waals surface area (Å²) < 4.78 is 0.714. The third kappa shape index (κ3) is 14.0. The van der Waals surface area contributed by atoms with Gasteiger partial charge < -0.3 is 41.9 Å². The fraction of sp³-hybridized carbons (Fsp3) is 0.488. The number of benzene rings is 2. The molecular weight excluding hydrogens is 815 g/mol. The number of amides is 5. The second-order valence-electron chi connectivity index (χ2n) is 15.8. The van der Waals surface area contributed by atoms with Crippen LogP contribution in [0, 0.1) is 17.8 Å². The molecule has 0 radical (unpaired) electrons. The van der Waals surface area contributed by atoms with Gasteiger partial charge in [0.25, 0.3) is 0 Å². The topological polar surface area (TPSA) is 266 Å². The van der Waals surface area contributed by atoms with Gasteiger partial charge in [0, 0.05) is 24.3 Å².